The summed E-state index contributed by atoms with van der Waals surface area (Å²) in [5, 5.41) is 13.8. The number of thiazole rings is 1. The number of fused-ring (bicyclic) bond motifs is 1. The number of aromatic hydroxyl groups is 1. The first-order chi connectivity index (χ1) is 13.4. The Morgan fingerprint density at radius 2 is 2.07 bits per heavy atom. The van der Waals surface area contributed by atoms with Gasteiger partial charge in [0.2, 0.25) is 12.5 Å². The van der Waals surface area contributed by atoms with E-state index in [1.807, 2.05) is 0 Å². The standard InChI is InChI=1S/C17H14N2O6S3/c1-10-8-27-17(21)19(10)5-4-11-7-12(15-16(14(11)20)25-9-24-15)18-28(22,23)13-3-2-6-26-13/h2-8,18,20H,9H2,1H3. The van der Waals surface area contributed by atoms with Gasteiger partial charge in [-0.2, -0.15) is 0 Å². The summed E-state index contributed by atoms with van der Waals surface area (Å²) in [5.41, 5.74) is 1.14. The summed E-state index contributed by atoms with van der Waals surface area (Å²) in [6.07, 6.45) is 3.00. The van der Waals surface area contributed by atoms with Gasteiger partial charge in [0.1, 0.15) is 4.21 Å². The van der Waals surface area contributed by atoms with Gasteiger partial charge in [-0.25, -0.2) is 8.42 Å². The van der Waals surface area contributed by atoms with E-state index in [9.17, 15) is 18.3 Å². The molecule has 0 aliphatic carbocycles. The molecule has 28 heavy (non-hydrogen) atoms. The van der Waals surface area contributed by atoms with Crippen LogP contribution in [0.25, 0.3) is 12.3 Å². The van der Waals surface area contributed by atoms with Crippen LogP contribution in [0.5, 0.6) is 17.2 Å². The zero-order valence-corrected chi connectivity index (χ0v) is 16.9. The summed E-state index contributed by atoms with van der Waals surface area (Å²) in [7, 11) is -3.82. The van der Waals surface area contributed by atoms with Crippen LogP contribution >= 0.6 is 22.7 Å². The first-order valence-corrected chi connectivity index (χ1v) is 11.2. The molecule has 3 heterocycles. The van der Waals surface area contributed by atoms with Gasteiger partial charge in [-0.15, -0.1) is 11.3 Å². The highest BCUT2D eigenvalue weighted by molar-refractivity contribution is 7.94. The number of thiophene rings is 1. The molecule has 0 saturated heterocycles. The highest BCUT2D eigenvalue weighted by atomic mass is 32.2. The Hall–Kier alpha value is -2.76. The highest BCUT2D eigenvalue weighted by Gasteiger charge is 2.27. The van der Waals surface area contributed by atoms with Crippen molar-refractivity contribution in [3.8, 4) is 17.2 Å². The maximum atomic E-state index is 12.6. The molecule has 0 bridgehead atoms. The molecule has 0 spiro atoms. The number of aryl methyl sites for hydroxylation is 1. The van der Waals surface area contributed by atoms with Crippen molar-refractivity contribution in [1.29, 1.82) is 0 Å². The minimum atomic E-state index is -3.82. The Morgan fingerprint density at radius 3 is 2.75 bits per heavy atom. The van der Waals surface area contributed by atoms with E-state index >= 15 is 0 Å². The normalized spacial score (nSPS) is 13.3. The van der Waals surface area contributed by atoms with E-state index < -0.39 is 10.0 Å². The zero-order chi connectivity index (χ0) is 19.9. The van der Waals surface area contributed by atoms with Crippen LogP contribution in [0, 0.1) is 6.92 Å². The fourth-order valence-electron chi connectivity index (χ4n) is 2.62. The third-order valence-corrected chi connectivity index (χ3v) is 7.58. The number of anilines is 1. The zero-order valence-electron chi connectivity index (χ0n) is 14.4. The predicted molar refractivity (Wildman–Crippen MR) is 108 cm³/mol. The molecule has 0 radical (unpaired) electrons. The van der Waals surface area contributed by atoms with Crippen LogP contribution in [-0.2, 0) is 10.0 Å². The Bertz CT molecular complexity index is 1220. The first kappa shape index (κ1) is 18.6. The van der Waals surface area contributed by atoms with Crippen molar-refractivity contribution in [1.82, 2.24) is 4.57 Å². The summed E-state index contributed by atoms with van der Waals surface area (Å²) >= 11 is 2.14. The molecule has 0 unspecified atom stereocenters. The average Bonchev–Trinajstić information content (AvgIpc) is 3.39. The van der Waals surface area contributed by atoms with Gasteiger partial charge in [0.05, 0.1) is 5.69 Å². The van der Waals surface area contributed by atoms with E-state index in [1.54, 1.807) is 23.8 Å². The highest BCUT2D eigenvalue weighted by Crippen LogP contribution is 2.48. The lowest BCUT2D eigenvalue weighted by molar-refractivity contribution is 0.171. The van der Waals surface area contributed by atoms with E-state index in [0.717, 1.165) is 28.4 Å². The van der Waals surface area contributed by atoms with E-state index in [2.05, 4.69) is 4.72 Å². The molecule has 4 rings (SSSR count). The van der Waals surface area contributed by atoms with Crippen molar-refractivity contribution in [3.63, 3.8) is 0 Å². The smallest absolute Gasteiger partial charge is 0.311 e. The molecule has 1 aliphatic rings. The van der Waals surface area contributed by atoms with E-state index in [0.29, 0.717) is 0 Å². The van der Waals surface area contributed by atoms with Gasteiger partial charge >= 0.3 is 4.87 Å². The van der Waals surface area contributed by atoms with E-state index in [-0.39, 0.29) is 44.4 Å². The minimum Gasteiger partial charge on any atom is -0.504 e. The molecule has 146 valence electrons. The summed E-state index contributed by atoms with van der Waals surface area (Å²) in [6, 6.07) is 4.55. The van der Waals surface area contributed by atoms with Crippen molar-refractivity contribution >= 4 is 50.7 Å². The van der Waals surface area contributed by atoms with Gasteiger partial charge in [0.25, 0.3) is 10.0 Å². The van der Waals surface area contributed by atoms with Crippen LogP contribution in [0.3, 0.4) is 0 Å². The maximum Gasteiger partial charge on any atom is 0.311 e. The second-order valence-corrected chi connectivity index (χ2v) is 9.47. The third-order valence-electron chi connectivity index (χ3n) is 3.96. The number of hydrogen-bond acceptors (Lipinski definition) is 8. The largest absolute Gasteiger partial charge is 0.504 e. The quantitative estimate of drug-likeness (QED) is 0.593. The van der Waals surface area contributed by atoms with Gasteiger partial charge in [-0.3, -0.25) is 14.1 Å². The van der Waals surface area contributed by atoms with Crippen molar-refractivity contribution in [2.75, 3.05) is 11.5 Å². The maximum absolute atomic E-state index is 12.6. The van der Waals surface area contributed by atoms with Crippen molar-refractivity contribution in [3.05, 3.63) is 49.9 Å². The van der Waals surface area contributed by atoms with Crippen molar-refractivity contribution in [2.24, 2.45) is 0 Å². The Kier molecular flexibility index (Phi) is 4.65. The molecule has 2 aromatic heterocycles. The van der Waals surface area contributed by atoms with Crippen LogP contribution in [-0.4, -0.2) is 24.9 Å². The predicted octanol–water partition coefficient (Wildman–Crippen LogP) is 3.14. The summed E-state index contributed by atoms with van der Waals surface area (Å²) in [6.45, 7) is 1.63. The number of phenols is 1. The Morgan fingerprint density at radius 1 is 1.29 bits per heavy atom. The average molecular weight is 439 g/mol. The van der Waals surface area contributed by atoms with Gasteiger partial charge < -0.3 is 14.6 Å². The molecule has 0 atom stereocenters. The lowest BCUT2D eigenvalue weighted by Gasteiger charge is -2.12. The third kappa shape index (κ3) is 3.28. The van der Waals surface area contributed by atoms with Crippen LogP contribution < -0.4 is 19.1 Å². The first-order valence-electron chi connectivity index (χ1n) is 7.93. The van der Waals surface area contributed by atoms with Crippen LogP contribution in [0.15, 0.2) is 38.0 Å². The molecule has 1 aliphatic heterocycles. The molecular formula is C17H14N2O6S3. The van der Waals surface area contributed by atoms with Crippen LogP contribution in [0.2, 0.25) is 0 Å². The SMILES string of the molecule is Cc1csc(=O)n1C=Cc1cc(NS(=O)(=O)c2cccs2)c2c(c1O)OCO2. The van der Waals surface area contributed by atoms with E-state index in [1.165, 1.54) is 29.0 Å². The Balaban J connectivity index is 1.77. The van der Waals surface area contributed by atoms with Crippen LogP contribution in [0.1, 0.15) is 11.3 Å². The summed E-state index contributed by atoms with van der Waals surface area (Å²) in [4.78, 5) is 11.7. The number of rotatable bonds is 5. The lowest BCUT2D eigenvalue weighted by atomic mass is 10.1. The molecule has 0 saturated carbocycles. The molecule has 11 heteroatoms. The van der Waals surface area contributed by atoms with Gasteiger partial charge in [0.15, 0.2) is 11.5 Å². The van der Waals surface area contributed by atoms with Gasteiger partial charge in [-0.05, 0) is 30.5 Å². The lowest BCUT2D eigenvalue weighted by Crippen LogP contribution is -2.12. The van der Waals surface area contributed by atoms with E-state index in [4.69, 9.17) is 9.47 Å². The summed E-state index contributed by atoms with van der Waals surface area (Å²) in [5.74, 6) is -0.0529. The van der Waals surface area contributed by atoms with Crippen LogP contribution in [0.4, 0.5) is 5.69 Å². The topological polar surface area (TPSA) is 107 Å². The molecule has 3 aromatic rings. The van der Waals surface area contributed by atoms with Gasteiger partial charge in [-0.1, -0.05) is 17.4 Å². The number of nitrogens with zero attached hydrogens (tertiary/aromatic N) is 1. The number of benzene rings is 1. The molecule has 0 fully saturated rings. The number of aromatic nitrogens is 1. The van der Waals surface area contributed by atoms with Crippen molar-refractivity contribution < 1.29 is 23.0 Å². The minimum absolute atomic E-state index is 0.0421. The monoisotopic (exact) mass is 438 g/mol. The number of phenolic OH excluding ortho intramolecular Hbond substituents is 1. The molecule has 2 N–H and O–H groups in total. The molecule has 0 amide bonds. The number of hydrogen-bond donors (Lipinski definition) is 2. The number of nitrogens with one attached hydrogen (secondary N) is 1. The summed E-state index contributed by atoms with van der Waals surface area (Å²) < 4.78 is 39.8. The number of sulfonamides is 1. The van der Waals surface area contributed by atoms with Gasteiger partial charge in [0, 0.05) is 22.8 Å². The fraction of sp³-hybridized carbons (Fsp3) is 0.118. The second kappa shape index (κ2) is 7.00. The second-order valence-electron chi connectivity index (χ2n) is 5.79. The molecule has 8 nitrogen and oxygen atoms in total. The molecule has 1 aromatic carbocycles. The molecular weight excluding hydrogens is 424 g/mol. The Labute approximate surface area is 168 Å². The van der Waals surface area contributed by atoms with Crippen molar-refractivity contribution in [2.45, 2.75) is 11.1 Å². The fourth-order valence-corrected chi connectivity index (χ4v) is 5.37. The number of ether oxygens (including phenoxy) is 2.